The number of methoxy groups -OCH3 is 1. The van der Waals surface area contributed by atoms with Crippen molar-refractivity contribution in [3.05, 3.63) is 88.5 Å². The predicted octanol–water partition coefficient (Wildman–Crippen LogP) is 5.90. The number of likely N-dealkylation sites (tertiary alicyclic amines) is 1. The third-order valence-corrected chi connectivity index (χ3v) is 6.76. The number of benzene rings is 3. The van der Waals surface area contributed by atoms with Crippen LogP contribution in [-0.2, 0) is 19.7 Å². The first-order valence-electron chi connectivity index (χ1n) is 12.0. The van der Waals surface area contributed by atoms with Gasteiger partial charge in [0.2, 0.25) is 0 Å². The molecule has 5 nitrogen and oxygen atoms in total. The fourth-order valence-electron chi connectivity index (χ4n) is 4.79. The Labute approximate surface area is 207 Å². The second kappa shape index (κ2) is 9.67. The highest BCUT2D eigenvalue weighted by Crippen LogP contribution is 2.42. The molecular weight excluding hydrogens is 438 g/mol. The molecule has 0 radical (unpaired) electrons. The SMILES string of the molecule is COCCCN1C(=O)C(=O)/C(=C(/O)c2cc(C(C)(C)C)ccc2C)C1c1cccc2ccccc12. The van der Waals surface area contributed by atoms with Crippen LogP contribution >= 0.6 is 0 Å². The lowest BCUT2D eigenvalue weighted by Crippen LogP contribution is -2.31. The molecule has 0 bridgehead atoms. The van der Waals surface area contributed by atoms with Gasteiger partial charge in [-0.3, -0.25) is 9.59 Å². The molecule has 35 heavy (non-hydrogen) atoms. The molecule has 182 valence electrons. The summed E-state index contributed by atoms with van der Waals surface area (Å²) in [5.74, 6) is -1.37. The second-order valence-electron chi connectivity index (χ2n) is 10.2. The molecule has 1 N–H and O–H groups in total. The molecular formula is C30H33NO4. The smallest absolute Gasteiger partial charge is 0.295 e. The van der Waals surface area contributed by atoms with Gasteiger partial charge in [-0.2, -0.15) is 0 Å². The summed E-state index contributed by atoms with van der Waals surface area (Å²) in [4.78, 5) is 28.3. The van der Waals surface area contributed by atoms with Crippen molar-refractivity contribution >= 4 is 28.2 Å². The predicted molar refractivity (Wildman–Crippen MR) is 139 cm³/mol. The lowest BCUT2D eigenvalue weighted by molar-refractivity contribution is -0.140. The van der Waals surface area contributed by atoms with E-state index in [2.05, 4.69) is 20.8 Å². The highest BCUT2D eigenvalue weighted by atomic mass is 16.5. The van der Waals surface area contributed by atoms with Gasteiger partial charge in [-0.25, -0.2) is 0 Å². The number of carbonyl (C=O) groups is 2. The quantitative estimate of drug-likeness (QED) is 0.210. The summed E-state index contributed by atoms with van der Waals surface area (Å²) in [7, 11) is 1.61. The van der Waals surface area contributed by atoms with E-state index in [1.807, 2.05) is 67.6 Å². The molecule has 4 rings (SSSR count). The Kier molecular flexibility index (Phi) is 6.82. The van der Waals surface area contributed by atoms with Crippen LogP contribution in [0.2, 0.25) is 0 Å². The molecule has 1 aliphatic rings. The van der Waals surface area contributed by atoms with Crippen molar-refractivity contribution in [1.29, 1.82) is 0 Å². The van der Waals surface area contributed by atoms with E-state index in [1.54, 1.807) is 12.0 Å². The molecule has 0 spiro atoms. The van der Waals surface area contributed by atoms with Crippen LogP contribution < -0.4 is 0 Å². The van der Waals surface area contributed by atoms with Crippen molar-refractivity contribution in [2.45, 2.75) is 45.6 Å². The summed E-state index contributed by atoms with van der Waals surface area (Å²) >= 11 is 0. The Balaban J connectivity index is 1.96. The van der Waals surface area contributed by atoms with Crippen molar-refractivity contribution in [3.63, 3.8) is 0 Å². The highest BCUT2D eigenvalue weighted by molar-refractivity contribution is 6.46. The number of aryl methyl sites for hydroxylation is 1. The molecule has 0 aliphatic carbocycles. The molecule has 1 fully saturated rings. The molecule has 3 aromatic carbocycles. The minimum atomic E-state index is -0.685. The molecule has 1 amide bonds. The van der Waals surface area contributed by atoms with Gasteiger partial charge < -0.3 is 14.7 Å². The zero-order valence-corrected chi connectivity index (χ0v) is 21.1. The molecule has 0 aromatic heterocycles. The van der Waals surface area contributed by atoms with Gasteiger partial charge in [-0.15, -0.1) is 0 Å². The van der Waals surface area contributed by atoms with E-state index >= 15 is 0 Å². The Morgan fingerprint density at radius 1 is 1.03 bits per heavy atom. The maximum atomic E-state index is 13.4. The molecule has 5 heteroatoms. The number of aliphatic hydroxyl groups is 1. The van der Waals surface area contributed by atoms with E-state index in [0.717, 1.165) is 27.5 Å². The third kappa shape index (κ3) is 4.61. The Morgan fingerprint density at radius 3 is 2.46 bits per heavy atom. The summed E-state index contributed by atoms with van der Waals surface area (Å²) in [5, 5.41) is 13.6. The standard InChI is InChI=1S/C30H33NO4/c1-19-14-15-21(30(2,3)4)18-24(19)27(32)25-26(31(16-9-17-35-5)29(34)28(25)33)23-13-8-11-20-10-6-7-12-22(20)23/h6-8,10-15,18,26,32H,9,16-17H2,1-5H3/b27-25+. The number of fused-ring (bicyclic) bond motifs is 1. The van der Waals surface area contributed by atoms with Crippen LogP contribution in [0.4, 0.5) is 0 Å². The summed E-state index contributed by atoms with van der Waals surface area (Å²) in [5.41, 5.74) is 3.30. The monoisotopic (exact) mass is 471 g/mol. The van der Waals surface area contributed by atoms with Gasteiger partial charge in [0.15, 0.2) is 0 Å². The average molecular weight is 472 g/mol. The fraction of sp³-hybridized carbons (Fsp3) is 0.333. The highest BCUT2D eigenvalue weighted by Gasteiger charge is 2.46. The van der Waals surface area contributed by atoms with Gasteiger partial charge in [0.1, 0.15) is 5.76 Å². The number of amides is 1. The first-order valence-corrected chi connectivity index (χ1v) is 12.0. The Bertz CT molecular complexity index is 1310. The second-order valence-corrected chi connectivity index (χ2v) is 10.2. The fourth-order valence-corrected chi connectivity index (χ4v) is 4.79. The van der Waals surface area contributed by atoms with E-state index < -0.39 is 17.7 Å². The van der Waals surface area contributed by atoms with E-state index in [1.165, 1.54) is 0 Å². The van der Waals surface area contributed by atoms with E-state index in [4.69, 9.17) is 4.74 Å². The van der Waals surface area contributed by atoms with Crippen LogP contribution in [0.3, 0.4) is 0 Å². The summed E-state index contributed by atoms with van der Waals surface area (Å²) < 4.78 is 5.19. The van der Waals surface area contributed by atoms with Crippen molar-refractivity contribution in [3.8, 4) is 0 Å². The van der Waals surface area contributed by atoms with Gasteiger partial charge in [0.25, 0.3) is 11.7 Å². The molecule has 1 heterocycles. The van der Waals surface area contributed by atoms with Crippen LogP contribution in [0.1, 0.15) is 55.5 Å². The maximum absolute atomic E-state index is 13.4. The van der Waals surface area contributed by atoms with Crippen molar-refractivity contribution in [1.82, 2.24) is 4.90 Å². The number of nitrogens with zero attached hydrogens (tertiary/aromatic N) is 1. The molecule has 1 atom stereocenters. The average Bonchev–Trinajstić information content (AvgIpc) is 3.08. The van der Waals surface area contributed by atoms with Crippen LogP contribution in [0.15, 0.2) is 66.2 Å². The van der Waals surface area contributed by atoms with Gasteiger partial charge in [0, 0.05) is 25.8 Å². The zero-order chi connectivity index (χ0) is 25.3. The van der Waals surface area contributed by atoms with Crippen molar-refractivity contribution < 1.29 is 19.4 Å². The first kappa shape index (κ1) is 24.7. The Morgan fingerprint density at radius 2 is 1.74 bits per heavy atom. The topological polar surface area (TPSA) is 66.8 Å². The normalized spacial score (nSPS) is 18.0. The Hall–Kier alpha value is -3.44. The van der Waals surface area contributed by atoms with Gasteiger partial charge in [-0.05, 0) is 52.3 Å². The molecule has 3 aromatic rings. The number of ether oxygens (including phenoxy) is 1. The molecule has 1 unspecified atom stereocenters. The van der Waals surface area contributed by atoms with Gasteiger partial charge in [0.05, 0.1) is 11.6 Å². The summed E-state index contributed by atoms with van der Waals surface area (Å²) in [6, 6.07) is 19.0. The number of hydrogen-bond donors (Lipinski definition) is 1. The third-order valence-electron chi connectivity index (χ3n) is 6.76. The number of Topliss-reactive ketones (excluding diaryl/α,β-unsaturated/α-hetero) is 1. The lowest BCUT2D eigenvalue weighted by Gasteiger charge is -2.27. The summed E-state index contributed by atoms with van der Waals surface area (Å²) in [6.45, 7) is 9.04. The van der Waals surface area contributed by atoms with E-state index in [-0.39, 0.29) is 16.7 Å². The largest absolute Gasteiger partial charge is 0.507 e. The minimum Gasteiger partial charge on any atom is -0.507 e. The first-order chi connectivity index (χ1) is 16.6. The van der Waals surface area contributed by atoms with Gasteiger partial charge >= 0.3 is 0 Å². The number of ketones is 1. The molecule has 1 aliphatic heterocycles. The van der Waals surface area contributed by atoms with Crippen LogP contribution in [0, 0.1) is 6.92 Å². The molecule has 0 saturated carbocycles. The van der Waals surface area contributed by atoms with E-state index in [9.17, 15) is 14.7 Å². The lowest BCUT2D eigenvalue weighted by atomic mass is 9.84. The number of rotatable bonds is 6. The minimum absolute atomic E-state index is 0.126. The number of aliphatic hydroxyl groups excluding tert-OH is 1. The van der Waals surface area contributed by atoms with Crippen molar-refractivity contribution in [2.75, 3.05) is 20.3 Å². The van der Waals surface area contributed by atoms with Crippen LogP contribution in [0.25, 0.3) is 16.5 Å². The van der Waals surface area contributed by atoms with Crippen LogP contribution in [0.5, 0.6) is 0 Å². The number of carbonyl (C=O) groups excluding carboxylic acids is 2. The molecule has 1 saturated heterocycles. The number of hydrogen-bond acceptors (Lipinski definition) is 4. The maximum Gasteiger partial charge on any atom is 0.295 e. The summed E-state index contributed by atoms with van der Waals surface area (Å²) in [6.07, 6.45) is 0.587. The van der Waals surface area contributed by atoms with E-state index in [0.29, 0.717) is 25.1 Å². The van der Waals surface area contributed by atoms with Crippen LogP contribution in [-0.4, -0.2) is 42.0 Å². The van der Waals surface area contributed by atoms with Gasteiger partial charge in [-0.1, -0.05) is 75.4 Å². The zero-order valence-electron chi connectivity index (χ0n) is 21.1. The van der Waals surface area contributed by atoms with Crippen molar-refractivity contribution in [2.24, 2.45) is 0 Å².